The Morgan fingerprint density at radius 1 is 0.938 bits per heavy atom. The van der Waals surface area contributed by atoms with E-state index in [1.807, 2.05) is 34.9 Å². The highest BCUT2D eigenvalue weighted by Gasteiger charge is 2.40. The Hall–Kier alpha value is -2.61. The molecule has 166 valence electrons. The lowest BCUT2D eigenvalue weighted by molar-refractivity contribution is 0.187. The van der Waals surface area contributed by atoms with E-state index in [0.29, 0.717) is 24.7 Å². The number of rotatable bonds is 4. The summed E-state index contributed by atoms with van der Waals surface area (Å²) in [6.45, 7) is 1.26. The van der Waals surface area contributed by atoms with Crippen molar-refractivity contribution < 1.29 is 13.2 Å². The fraction of sp³-hybridized carbons (Fsp3) is 0.292. The Labute approximate surface area is 192 Å². The summed E-state index contributed by atoms with van der Waals surface area (Å²) in [7, 11) is -2.03. The Morgan fingerprint density at radius 3 is 2.34 bits per heavy atom. The summed E-state index contributed by atoms with van der Waals surface area (Å²) in [5.41, 5.74) is 2.81. The van der Waals surface area contributed by atoms with E-state index in [4.69, 9.17) is 16.3 Å². The molecule has 2 aliphatic heterocycles. The minimum atomic E-state index is -3.65. The van der Waals surface area contributed by atoms with Gasteiger partial charge in [0.05, 0.1) is 12.0 Å². The first kappa shape index (κ1) is 21.2. The molecule has 0 spiro atoms. The second-order valence-corrected chi connectivity index (χ2v) is 10.8. The van der Waals surface area contributed by atoms with Gasteiger partial charge in [0.2, 0.25) is 10.0 Å². The summed E-state index contributed by atoms with van der Waals surface area (Å²) in [5.74, 6) is 0.788. The molecule has 1 saturated heterocycles. The van der Waals surface area contributed by atoms with Gasteiger partial charge in [0.15, 0.2) is 0 Å². The second kappa shape index (κ2) is 8.06. The number of methoxy groups -OCH3 is 1. The summed E-state index contributed by atoms with van der Waals surface area (Å²) in [5, 5.41) is 0.497. The number of pyridine rings is 1. The number of sulfonamides is 1. The van der Waals surface area contributed by atoms with Crippen LogP contribution < -0.4 is 10.3 Å². The van der Waals surface area contributed by atoms with Crippen molar-refractivity contribution in [1.82, 2.24) is 8.87 Å². The van der Waals surface area contributed by atoms with E-state index >= 15 is 0 Å². The summed E-state index contributed by atoms with van der Waals surface area (Å²) in [4.78, 5) is 12.9. The normalized spacial score (nSPS) is 20.6. The molecular weight excluding hydrogens is 448 g/mol. The van der Waals surface area contributed by atoms with Crippen molar-refractivity contribution in [3.05, 3.63) is 81.7 Å². The minimum absolute atomic E-state index is 0.0408. The van der Waals surface area contributed by atoms with Gasteiger partial charge in [-0.1, -0.05) is 23.7 Å². The van der Waals surface area contributed by atoms with Crippen LogP contribution >= 0.6 is 11.6 Å². The van der Waals surface area contributed by atoms with Crippen LogP contribution in [0, 0.1) is 5.92 Å². The zero-order valence-electron chi connectivity index (χ0n) is 17.6. The molecular formula is C24H23ClN2O4S. The molecule has 32 heavy (non-hydrogen) atoms. The molecule has 2 atom stereocenters. The maximum atomic E-state index is 13.3. The highest BCUT2D eigenvalue weighted by Crippen LogP contribution is 2.41. The fourth-order valence-electron chi connectivity index (χ4n) is 4.94. The molecule has 0 N–H and O–H groups in total. The van der Waals surface area contributed by atoms with E-state index < -0.39 is 10.0 Å². The van der Waals surface area contributed by atoms with Crippen molar-refractivity contribution in [1.29, 1.82) is 0 Å². The number of halogens is 1. The van der Waals surface area contributed by atoms with E-state index in [0.717, 1.165) is 29.0 Å². The molecule has 0 aliphatic carbocycles. The molecule has 8 heteroatoms. The predicted octanol–water partition coefficient (Wildman–Crippen LogP) is 3.99. The third kappa shape index (κ3) is 3.64. The van der Waals surface area contributed by atoms with Gasteiger partial charge >= 0.3 is 0 Å². The van der Waals surface area contributed by atoms with Crippen LogP contribution in [0.2, 0.25) is 5.02 Å². The van der Waals surface area contributed by atoms with Crippen molar-refractivity contribution in [3.8, 4) is 16.9 Å². The molecule has 2 unspecified atom stereocenters. The first-order valence-corrected chi connectivity index (χ1v) is 12.3. The molecule has 6 nitrogen and oxygen atoms in total. The smallest absolute Gasteiger partial charge is 0.250 e. The maximum absolute atomic E-state index is 13.3. The van der Waals surface area contributed by atoms with E-state index in [2.05, 4.69) is 0 Å². The van der Waals surface area contributed by atoms with E-state index in [1.54, 1.807) is 41.7 Å². The zero-order valence-corrected chi connectivity index (χ0v) is 19.1. The van der Waals surface area contributed by atoms with Crippen LogP contribution in [-0.2, 0) is 16.6 Å². The quantitative estimate of drug-likeness (QED) is 0.578. The molecule has 3 heterocycles. The van der Waals surface area contributed by atoms with Gasteiger partial charge in [-0.15, -0.1) is 0 Å². The van der Waals surface area contributed by atoms with Gasteiger partial charge in [0, 0.05) is 47.9 Å². The lowest BCUT2D eigenvalue weighted by atomic mass is 9.81. The SMILES string of the molecule is COc1ccc(-c2ccc(=O)n3c2C2CC(CN(S(=O)(=O)c4ccc(Cl)cc4)C2)C3)cc1. The van der Waals surface area contributed by atoms with Crippen LogP contribution in [0.3, 0.4) is 0 Å². The average Bonchev–Trinajstić information content (AvgIpc) is 2.80. The van der Waals surface area contributed by atoms with Gasteiger partial charge in [0.1, 0.15) is 5.75 Å². The molecule has 2 bridgehead atoms. The number of ether oxygens (including phenoxy) is 1. The number of piperidine rings is 1. The standard InChI is InChI=1S/C24H23ClN2O4S/c1-31-20-6-2-17(3-7-20)22-10-11-23(28)27-14-16-12-18(24(22)27)15-26(13-16)32(29,30)21-8-4-19(25)5-9-21/h2-11,16,18H,12-15H2,1H3. The third-order valence-corrected chi connectivity index (χ3v) is 8.51. The van der Waals surface area contributed by atoms with Gasteiger partial charge in [-0.25, -0.2) is 8.42 Å². The van der Waals surface area contributed by atoms with Crippen molar-refractivity contribution in [2.24, 2.45) is 5.92 Å². The number of hydrogen-bond acceptors (Lipinski definition) is 4. The predicted molar refractivity (Wildman–Crippen MR) is 124 cm³/mol. The van der Waals surface area contributed by atoms with Gasteiger partial charge in [-0.3, -0.25) is 4.79 Å². The van der Waals surface area contributed by atoms with E-state index in [1.165, 1.54) is 0 Å². The molecule has 0 saturated carbocycles. The van der Waals surface area contributed by atoms with Crippen LogP contribution in [0.15, 0.2) is 70.4 Å². The molecule has 1 aromatic heterocycles. The van der Waals surface area contributed by atoms with Gasteiger partial charge in [-0.2, -0.15) is 4.31 Å². The van der Waals surface area contributed by atoms with E-state index in [9.17, 15) is 13.2 Å². The van der Waals surface area contributed by atoms with Crippen LogP contribution in [0.25, 0.3) is 11.1 Å². The van der Waals surface area contributed by atoms with Gasteiger partial charge < -0.3 is 9.30 Å². The van der Waals surface area contributed by atoms with Crippen molar-refractivity contribution in [2.75, 3.05) is 20.2 Å². The van der Waals surface area contributed by atoms with Crippen LogP contribution in [0.1, 0.15) is 18.0 Å². The van der Waals surface area contributed by atoms with Crippen LogP contribution in [-0.4, -0.2) is 37.5 Å². The first-order valence-electron chi connectivity index (χ1n) is 10.5. The lowest BCUT2D eigenvalue weighted by Crippen LogP contribution is -2.49. The average molecular weight is 471 g/mol. The largest absolute Gasteiger partial charge is 0.497 e. The Bertz CT molecular complexity index is 1320. The molecule has 2 aromatic carbocycles. The molecule has 0 radical (unpaired) electrons. The van der Waals surface area contributed by atoms with Crippen molar-refractivity contribution >= 4 is 21.6 Å². The first-order chi connectivity index (χ1) is 15.4. The Kier molecular flexibility index (Phi) is 5.35. The lowest BCUT2D eigenvalue weighted by Gasteiger charge is -2.42. The van der Waals surface area contributed by atoms with Crippen molar-refractivity contribution in [2.45, 2.75) is 23.8 Å². The van der Waals surface area contributed by atoms with Crippen LogP contribution in [0.4, 0.5) is 0 Å². The summed E-state index contributed by atoms with van der Waals surface area (Å²) < 4.78 is 35.3. The Balaban J connectivity index is 1.55. The highest BCUT2D eigenvalue weighted by molar-refractivity contribution is 7.89. The number of benzene rings is 2. The molecule has 3 aromatic rings. The maximum Gasteiger partial charge on any atom is 0.250 e. The number of nitrogens with zero attached hydrogens (tertiary/aromatic N) is 2. The van der Waals surface area contributed by atoms with Crippen molar-refractivity contribution in [3.63, 3.8) is 0 Å². The Morgan fingerprint density at radius 2 is 1.66 bits per heavy atom. The van der Waals surface area contributed by atoms with E-state index in [-0.39, 0.29) is 22.3 Å². The number of hydrogen-bond donors (Lipinski definition) is 0. The summed E-state index contributed by atoms with van der Waals surface area (Å²) in [6.07, 6.45) is 0.860. The molecule has 5 rings (SSSR count). The topological polar surface area (TPSA) is 68.6 Å². The van der Waals surface area contributed by atoms with Gasteiger partial charge in [0.25, 0.3) is 5.56 Å². The molecule has 2 aliphatic rings. The minimum Gasteiger partial charge on any atom is -0.497 e. The van der Waals surface area contributed by atoms with Crippen LogP contribution in [0.5, 0.6) is 5.75 Å². The van der Waals surface area contributed by atoms with Gasteiger partial charge in [-0.05, 0) is 60.4 Å². The number of fused-ring (bicyclic) bond motifs is 4. The summed E-state index contributed by atoms with van der Waals surface area (Å²) in [6, 6.07) is 17.4. The fourth-order valence-corrected chi connectivity index (χ4v) is 6.63. The number of aromatic nitrogens is 1. The summed E-state index contributed by atoms with van der Waals surface area (Å²) >= 11 is 5.94. The second-order valence-electron chi connectivity index (χ2n) is 8.38. The molecule has 1 fully saturated rings. The monoisotopic (exact) mass is 470 g/mol. The third-order valence-electron chi connectivity index (χ3n) is 6.41. The molecule has 0 amide bonds. The highest BCUT2D eigenvalue weighted by atomic mass is 35.5. The zero-order chi connectivity index (χ0) is 22.5.